The summed E-state index contributed by atoms with van der Waals surface area (Å²) < 4.78 is 7.44. The predicted octanol–water partition coefficient (Wildman–Crippen LogP) is 3.16. The Morgan fingerprint density at radius 3 is 2.50 bits per heavy atom. The molecule has 2 aromatic carbocycles. The Balaban J connectivity index is 1.58. The number of hydrogen-bond donors (Lipinski definition) is 1. The number of benzene rings is 2. The lowest BCUT2D eigenvalue weighted by atomic mass is 10.1. The van der Waals surface area contributed by atoms with E-state index in [0.717, 1.165) is 17.2 Å². The van der Waals surface area contributed by atoms with Crippen molar-refractivity contribution in [3.05, 3.63) is 53.6 Å². The number of ether oxygens (including phenoxy) is 1. The van der Waals surface area contributed by atoms with Crippen molar-refractivity contribution in [3.8, 4) is 17.2 Å². The number of aryl methyl sites for hydroxylation is 2. The summed E-state index contributed by atoms with van der Waals surface area (Å²) in [7, 11) is 0. The number of hydrogen-bond acceptors (Lipinski definition) is 6. The van der Waals surface area contributed by atoms with Crippen molar-refractivity contribution < 1.29 is 9.84 Å². The molecule has 0 saturated carbocycles. The van der Waals surface area contributed by atoms with Crippen molar-refractivity contribution in [2.75, 3.05) is 12.4 Å². The van der Waals surface area contributed by atoms with E-state index in [0.29, 0.717) is 11.8 Å². The van der Waals surface area contributed by atoms with Gasteiger partial charge in [0.2, 0.25) is 5.16 Å². The smallest absolute Gasteiger partial charge is 0.214 e. The highest BCUT2D eigenvalue weighted by molar-refractivity contribution is 7.99. The number of aromatic nitrogens is 4. The van der Waals surface area contributed by atoms with Gasteiger partial charge in [-0.2, -0.15) is 4.68 Å². The number of phenolic OH excluding ortho intramolecular Hbond substituents is 1. The molecule has 124 valence electrons. The van der Waals surface area contributed by atoms with Crippen LogP contribution in [-0.2, 0) is 0 Å². The third-order valence-corrected chi connectivity index (χ3v) is 4.20. The van der Waals surface area contributed by atoms with Crippen molar-refractivity contribution in [1.82, 2.24) is 20.2 Å². The van der Waals surface area contributed by atoms with Crippen molar-refractivity contribution in [2.24, 2.45) is 0 Å². The van der Waals surface area contributed by atoms with Crippen LogP contribution in [-0.4, -0.2) is 37.7 Å². The van der Waals surface area contributed by atoms with Crippen LogP contribution in [0, 0.1) is 13.8 Å². The predicted molar refractivity (Wildman–Crippen MR) is 93.0 cm³/mol. The highest BCUT2D eigenvalue weighted by Crippen LogP contribution is 2.21. The molecule has 0 atom stereocenters. The van der Waals surface area contributed by atoms with Crippen molar-refractivity contribution in [3.63, 3.8) is 0 Å². The summed E-state index contributed by atoms with van der Waals surface area (Å²) in [6.07, 6.45) is 0. The average Bonchev–Trinajstić information content (AvgIpc) is 3.00. The minimum absolute atomic E-state index is 0.211. The maximum atomic E-state index is 9.36. The van der Waals surface area contributed by atoms with E-state index in [9.17, 15) is 5.11 Å². The maximum Gasteiger partial charge on any atom is 0.214 e. The fourth-order valence-corrected chi connectivity index (χ4v) is 3.04. The fourth-order valence-electron chi connectivity index (χ4n) is 2.33. The lowest BCUT2D eigenvalue weighted by Gasteiger charge is -2.08. The Morgan fingerprint density at radius 1 is 1.08 bits per heavy atom. The molecule has 3 rings (SSSR count). The van der Waals surface area contributed by atoms with Crippen LogP contribution < -0.4 is 4.74 Å². The molecular formula is C17H18N4O2S. The number of phenols is 1. The Labute approximate surface area is 144 Å². The lowest BCUT2D eigenvalue weighted by molar-refractivity contribution is 0.343. The average molecular weight is 342 g/mol. The van der Waals surface area contributed by atoms with Crippen molar-refractivity contribution >= 4 is 11.8 Å². The zero-order valence-corrected chi connectivity index (χ0v) is 14.3. The van der Waals surface area contributed by atoms with Crippen LogP contribution in [0.1, 0.15) is 11.1 Å². The van der Waals surface area contributed by atoms with E-state index in [-0.39, 0.29) is 5.75 Å². The van der Waals surface area contributed by atoms with E-state index in [2.05, 4.69) is 35.4 Å². The maximum absolute atomic E-state index is 9.36. The second kappa shape index (κ2) is 7.35. The number of tetrazole rings is 1. The molecule has 0 radical (unpaired) electrons. The molecule has 0 unspecified atom stereocenters. The molecule has 0 aliphatic heterocycles. The SMILES string of the molecule is Cc1cc(C)cc(OCCSc2nnnn2-c2ccc(O)cc2)c1. The molecule has 0 fully saturated rings. The Morgan fingerprint density at radius 2 is 1.79 bits per heavy atom. The summed E-state index contributed by atoms with van der Waals surface area (Å²) in [6, 6.07) is 12.9. The van der Waals surface area contributed by atoms with Crippen LogP contribution in [0.3, 0.4) is 0 Å². The van der Waals surface area contributed by atoms with Gasteiger partial charge in [0.05, 0.1) is 12.3 Å². The third kappa shape index (κ3) is 4.05. The first kappa shape index (κ1) is 16.3. The Hall–Kier alpha value is -2.54. The molecule has 0 bridgehead atoms. The topological polar surface area (TPSA) is 73.1 Å². The monoisotopic (exact) mass is 342 g/mol. The summed E-state index contributed by atoms with van der Waals surface area (Å²) in [6.45, 7) is 4.68. The summed E-state index contributed by atoms with van der Waals surface area (Å²) in [4.78, 5) is 0. The fraction of sp³-hybridized carbons (Fsp3) is 0.235. The second-order valence-corrected chi connectivity index (χ2v) is 6.47. The Bertz CT molecular complexity index is 797. The third-order valence-electron chi connectivity index (χ3n) is 3.31. The Kier molecular flexibility index (Phi) is 5.00. The molecule has 1 N–H and O–H groups in total. The van der Waals surface area contributed by atoms with Crippen molar-refractivity contribution in [1.29, 1.82) is 0 Å². The molecule has 1 aromatic heterocycles. The summed E-state index contributed by atoms with van der Waals surface area (Å²) >= 11 is 1.52. The normalized spacial score (nSPS) is 10.8. The van der Waals surface area contributed by atoms with E-state index in [1.807, 2.05) is 12.1 Å². The van der Waals surface area contributed by atoms with Crippen LogP contribution in [0.25, 0.3) is 5.69 Å². The summed E-state index contributed by atoms with van der Waals surface area (Å²) in [5, 5.41) is 21.8. The molecule has 3 aromatic rings. The van der Waals surface area contributed by atoms with Crippen LogP contribution in [0.15, 0.2) is 47.6 Å². The van der Waals surface area contributed by atoms with Crippen LogP contribution in [0.2, 0.25) is 0 Å². The molecule has 1 heterocycles. The highest BCUT2D eigenvalue weighted by Gasteiger charge is 2.09. The number of aromatic hydroxyl groups is 1. The molecular weight excluding hydrogens is 324 g/mol. The zero-order chi connectivity index (χ0) is 16.9. The summed E-state index contributed by atoms with van der Waals surface area (Å²) in [5.74, 6) is 1.82. The second-order valence-electron chi connectivity index (χ2n) is 5.41. The van der Waals surface area contributed by atoms with E-state index in [4.69, 9.17) is 4.74 Å². The molecule has 0 spiro atoms. The van der Waals surface area contributed by atoms with Crippen LogP contribution in [0.5, 0.6) is 11.5 Å². The molecule has 0 aliphatic carbocycles. The van der Waals surface area contributed by atoms with Gasteiger partial charge in [0.25, 0.3) is 0 Å². The molecule has 6 nitrogen and oxygen atoms in total. The molecule has 0 saturated heterocycles. The largest absolute Gasteiger partial charge is 0.508 e. The quantitative estimate of drug-likeness (QED) is 0.548. The van der Waals surface area contributed by atoms with Gasteiger partial charge in [0, 0.05) is 5.75 Å². The van der Waals surface area contributed by atoms with E-state index in [1.165, 1.54) is 22.9 Å². The highest BCUT2D eigenvalue weighted by atomic mass is 32.2. The van der Waals surface area contributed by atoms with Crippen LogP contribution in [0.4, 0.5) is 0 Å². The first-order valence-electron chi connectivity index (χ1n) is 7.53. The van der Waals surface area contributed by atoms with E-state index < -0.39 is 0 Å². The molecule has 0 aliphatic rings. The minimum atomic E-state index is 0.211. The number of thioether (sulfide) groups is 1. The van der Waals surface area contributed by atoms with Gasteiger partial charge in [-0.15, -0.1) is 5.10 Å². The van der Waals surface area contributed by atoms with Crippen molar-refractivity contribution in [2.45, 2.75) is 19.0 Å². The lowest BCUT2D eigenvalue weighted by Crippen LogP contribution is -2.03. The number of rotatable bonds is 6. The van der Waals surface area contributed by atoms with Crippen LogP contribution >= 0.6 is 11.8 Å². The van der Waals surface area contributed by atoms with E-state index in [1.54, 1.807) is 28.9 Å². The molecule has 24 heavy (non-hydrogen) atoms. The minimum Gasteiger partial charge on any atom is -0.508 e. The molecule has 7 heteroatoms. The van der Waals surface area contributed by atoms with Gasteiger partial charge in [0.1, 0.15) is 11.5 Å². The van der Waals surface area contributed by atoms with Gasteiger partial charge in [-0.05, 0) is 71.8 Å². The van der Waals surface area contributed by atoms with Gasteiger partial charge < -0.3 is 9.84 Å². The first-order valence-corrected chi connectivity index (χ1v) is 8.52. The van der Waals surface area contributed by atoms with E-state index >= 15 is 0 Å². The first-order chi connectivity index (χ1) is 11.6. The van der Waals surface area contributed by atoms with Gasteiger partial charge >= 0.3 is 0 Å². The zero-order valence-electron chi connectivity index (χ0n) is 13.5. The van der Waals surface area contributed by atoms with Gasteiger partial charge in [-0.1, -0.05) is 17.8 Å². The van der Waals surface area contributed by atoms with Gasteiger partial charge in [-0.3, -0.25) is 0 Å². The summed E-state index contributed by atoms with van der Waals surface area (Å²) in [5.41, 5.74) is 3.18. The standard InChI is InChI=1S/C17H18N4O2S/c1-12-9-13(2)11-16(10-12)23-7-8-24-17-18-19-20-21(17)14-3-5-15(22)6-4-14/h3-6,9-11,22H,7-8H2,1-2H3. The van der Waals surface area contributed by atoms with Gasteiger partial charge in [0.15, 0.2) is 0 Å². The van der Waals surface area contributed by atoms with Gasteiger partial charge in [-0.25, -0.2) is 0 Å². The number of nitrogens with zero attached hydrogens (tertiary/aromatic N) is 4. The molecule has 0 amide bonds.